The number of methoxy groups -OCH3 is 1. The standard InChI is InChI=1S/C10H16N4OS/c1-7(6-15-2)3-13-9-5-12-8(4-14-9)10(11)16/h4-5,7H,3,6H2,1-2H3,(H2,11,16)(H,13,14). The van der Waals surface area contributed by atoms with Gasteiger partial charge in [-0.3, -0.25) is 0 Å². The Morgan fingerprint density at radius 2 is 2.31 bits per heavy atom. The number of nitrogens with two attached hydrogens (primary N) is 1. The van der Waals surface area contributed by atoms with E-state index in [4.69, 9.17) is 22.7 Å². The lowest BCUT2D eigenvalue weighted by atomic mass is 10.2. The lowest BCUT2D eigenvalue weighted by Gasteiger charge is -2.11. The molecule has 1 aromatic rings. The van der Waals surface area contributed by atoms with Gasteiger partial charge in [0.05, 0.1) is 19.0 Å². The average molecular weight is 240 g/mol. The molecule has 6 heteroatoms. The molecule has 1 unspecified atom stereocenters. The summed E-state index contributed by atoms with van der Waals surface area (Å²) < 4.78 is 5.03. The van der Waals surface area contributed by atoms with Crippen molar-refractivity contribution in [1.82, 2.24) is 9.97 Å². The third kappa shape index (κ3) is 4.08. The van der Waals surface area contributed by atoms with Crippen molar-refractivity contribution < 1.29 is 4.74 Å². The van der Waals surface area contributed by atoms with E-state index in [1.165, 1.54) is 0 Å². The third-order valence-corrected chi connectivity index (χ3v) is 2.20. The summed E-state index contributed by atoms with van der Waals surface area (Å²) in [6.07, 6.45) is 3.18. The van der Waals surface area contributed by atoms with Crippen molar-refractivity contribution in [3.8, 4) is 0 Å². The molecule has 0 aliphatic rings. The van der Waals surface area contributed by atoms with Crippen molar-refractivity contribution in [1.29, 1.82) is 0 Å². The number of ether oxygens (including phenoxy) is 1. The summed E-state index contributed by atoms with van der Waals surface area (Å²) in [6.45, 7) is 3.59. The normalized spacial score (nSPS) is 12.1. The first-order valence-electron chi connectivity index (χ1n) is 4.98. The fraction of sp³-hybridized carbons (Fsp3) is 0.500. The van der Waals surface area contributed by atoms with Crippen LogP contribution < -0.4 is 11.1 Å². The summed E-state index contributed by atoms with van der Waals surface area (Å²) >= 11 is 4.78. The van der Waals surface area contributed by atoms with Gasteiger partial charge in [0.15, 0.2) is 0 Å². The highest BCUT2D eigenvalue weighted by Crippen LogP contribution is 2.03. The zero-order valence-corrected chi connectivity index (χ0v) is 10.3. The fourth-order valence-electron chi connectivity index (χ4n) is 1.17. The number of anilines is 1. The summed E-state index contributed by atoms with van der Waals surface area (Å²) in [5.41, 5.74) is 5.95. The van der Waals surface area contributed by atoms with Gasteiger partial charge in [0.25, 0.3) is 0 Å². The highest BCUT2D eigenvalue weighted by atomic mass is 32.1. The average Bonchev–Trinajstić information content (AvgIpc) is 2.27. The van der Waals surface area contributed by atoms with Crippen LogP contribution in [0.3, 0.4) is 0 Å². The van der Waals surface area contributed by atoms with Crippen molar-refractivity contribution in [3.05, 3.63) is 18.1 Å². The first-order valence-corrected chi connectivity index (χ1v) is 5.39. The number of aromatic nitrogens is 2. The van der Waals surface area contributed by atoms with E-state index in [1.54, 1.807) is 19.5 Å². The molecule has 0 radical (unpaired) electrons. The molecule has 0 saturated carbocycles. The van der Waals surface area contributed by atoms with Crippen molar-refractivity contribution in [2.75, 3.05) is 25.6 Å². The number of hydrogen-bond acceptors (Lipinski definition) is 5. The molecule has 0 aliphatic heterocycles. The summed E-state index contributed by atoms with van der Waals surface area (Å²) in [4.78, 5) is 8.49. The first kappa shape index (κ1) is 12.8. The predicted molar refractivity (Wildman–Crippen MR) is 67.4 cm³/mol. The van der Waals surface area contributed by atoms with Gasteiger partial charge in [0.1, 0.15) is 16.5 Å². The topological polar surface area (TPSA) is 73.1 Å². The maximum atomic E-state index is 5.42. The number of rotatable bonds is 6. The van der Waals surface area contributed by atoms with Gasteiger partial charge >= 0.3 is 0 Å². The molecular formula is C10H16N4OS. The van der Waals surface area contributed by atoms with Gasteiger partial charge in [0, 0.05) is 13.7 Å². The second-order valence-electron chi connectivity index (χ2n) is 3.59. The van der Waals surface area contributed by atoms with E-state index in [0.29, 0.717) is 24.0 Å². The maximum absolute atomic E-state index is 5.42. The van der Waals surface area contributed by atoms with Crippen LogP contribution >= 0.6 is 12.2 Å². The monoisotopic (exact) mass is 240 g/mol. The van der Waals surface area contributed by atoms with E-state index in [1.807, 2.05) is 0 Å². The second kappa shape index (κ2) is 6.34. The van der Waals surface area contributed by atoms with Crippen LogP contribution in [0.5, 0.6) is 0 Å². The number of nitrogens with one attached hydrogen (secondary N) is 1. The van der Waals surface area contributed by atoms with Crippen LogP contribution in [0.2, 0.25) is 0 Å². The van der Waals surface area contributed by atoms with Crippen molar-refractivity contribution in [2.24, 2.45) is 11.7 Å². The first-order chi connectivity index (χ1) is 7.63. The molecule has 0 aliphatic carbocycles. The number of hydrogen-bond donors (Lipinski definition) is 2. The molecule has 0 amide bonds. The molecule has 1 aromatic heterocycles. The molecule has 16 heavy (non-hydrogen) atoms. The van der Waals surface area contributed by atoms with Crippen molar-refractivity contribution >= 4 is 23.0 Å². The van der Waals surface area contributed by atoms with Gasteiger partial charge in [-0.1, -0.05) is 19.1 Å². The van der Waals surface area contributed by atoms with Gasteiger partial charge in [-0.25, -0.2) is 9.97 Å². The molecule has 0 fully saturated rings. The Kier molecular flexibility index (Phi) is 5.07. The van der Waals surface area contributed by atoms with Crippen LogP contribution in [-0.4, -0.2) is 35.2 Å². The second-order valence-corrected chi connectivity index (χ2v) is 4.03. The SMILES string of the molecule is COCC(C)CNc1cnc(C(N)=S)cn1. The quantitative estimate of drug-likeness (QED) is 0.717. The van der Waals surface area contributed by atoms with Crippen molar-refractivity contribution in [3.63, 3.8) is 0 Å². The Morgan fingerprint density at radius 3 is 2.81 bits per heavy atom. The van der Waals surface area contributed by atoms with E-state index in [2.05, 4.69) is 22.2 Å². The molecule has 0 aromatic carbocycles. The molecule has 0 spiro atoms. The zero-order valence-electron chi connectivity index (χ0n) is 9.43. The Labute approximate surface area is 100 Å². The van der Waals surface area contributed by atoms with Crippen LogP contribution in [0.1, 0.15) is 12.6 Å². The number of nitrogens with zero attached hydrogens (tertiary/aromatic N) is 2. The van der Waals surface area contributed by atoms with E-state index in [0.717, 1.165) is 6.54 Å². The molecule has 5 nitrogen and oxygen atoms in total. The minimum absolute atomic E-state index is 0.256. The lowest BCUT2D eigenvalue weighted by Crippen LogP contribution is -2.17. The lowest BCUT2D eigenvalue weighted by molar-refractivity contribution is 0.164. The largest absolute Gasteiger partial charge is 0.388 e. The highest BCUT2D eigenvalue weighted by molar-refractivity contribution is 7.80. The minimum atomic E-state index is 0.256. The van der Waals surface area contributed by atoms with Gasteiger partial charge in [-0.2, -0.15) is 0 Å². The van der Waals surface area contributed by atoms with Crippen LogP contribution in [0.15, 0.2) is 12.4 Å². The highest BCUT2D eigenvalue weighted by Gasteiger charge is 2.03. The molecule has 3 N–H and O–H groups in total. The Hall–Kier alpha value is -1.27. The summed E-state index contributed by atoms with van der Waals surface area (Å²) in [7, 11) is 1.69. The molecule has 1 heterocycles. The summed E-state index contributed by atoms with van der Waals surface area (Å²) in [5, 5.41) is 3.16. The van der Waals surface area contributed by atoms with Crippen LogP contribution in [0, 0.1) is 5.92 Å². The molecule has 88 valence electrons. The number of thiocarbonyl (C=S) groups is 1. The van der Waals surface area contributed by atoms with Crippen LogP contribution in [0.25, 0.3) is 0 Å². The summed E-state index contributed by atoms with van der Waals surface area (Å²) in [6, 6.07) is 0. The molecular weight excluding hydrogens is 224 g/mol. The molecule has 1 rings (SSSR count). The van der Waals surface area contributed by atoms with E-state index >= 15 is 0 Å². The van der Waals surface area contributed by atoms with E-state index in [-0.39, 0.29) is 4.99 Å². The van der Waals surface area contributed by atoms with Gasteiger partial charge in [-0.15, -0.1) is 0 Å². The fourth-order valence-corrected chi connectivity index (χ4v) is 1.27. The van der Waals surface area contributed by atoms with Crippen molar-refractivity contribution in [2.45, 2.75) is 6.92 Å². The Balaban J connectivity index is 2.46. The Morgan fingerprint density at radius 1 is 1.56 bits per heavy atom. The van der Waals surface area contributed by atoms with Crippen LogP contribution in [-0.2, 0) is 4.74 Å². The van der Waals surface area contributed by atoms with E-state index in [9.17, 15) is 0 Å². The predicted octanol–water partition coefficient (Wildman–Crippen LogP) is 0.805. The minimum Gasteiger partial charge on any atom is -0.388 e. The molecule has 0 saturated heterocycles. The summed E-state index contributed by atoms with van der Waals surface area (Å²) in [5.74, 6) is 1.13. The smallest absolute Gasteiger partial charge is 0.144 e. The van der Waals surface area contributed by atoms with Gasteiger partial charge in [-0.05, 0) is 5.92 Å². The zero-order chi connectivity index (χ0) is 12.0. The van der Waals surface area contributed by atoms with Crippen LogP contribution in [0.4, 0.5) is 5.82 Å². The molecule has 0 bridgehead atoms. The van der Waals surface area contributed by atoms with Gasteiger partial charge < -0.3 is 15.8 Å². The maximum Gasteiger partial charge on any atom is 0.144 e. The van der Waals surface area contributed by atoms with E-state index < -0.39 is 0 Å². The third-order valence-electron chi connectivity index (χ3n) is 1.99. The Bertz CT molecular complexity index is 341. The van der Waals surface area contributed by atoms with Gasteiger partial charge in [0.2, 0.25) is 0 Å². The molecule has 1 atom stereocenters.